The van der Waals surface area contributed by atoms with E-state index >= 15 is 0 Å². The summed E-state index contributed by atoms with van der Waals surface area (Å²) in [4.78, 5) is 4.71. The SMILES string of the molecule is Cc1csc(C2(NCc3ccoc3C)CCOCC2)n1. The number of hydrogen-bond donors (Lipinski definition) is 1. The van der Waals surface area contributed by atoms with Crippen molar-refractivity contribution in [2.45, 2.75) is 38.8 Å². The first kappa shape index (κ1) is 13.8. The minimum Gasteiger partial charge on any atom is -0.469 e. The standard InChI is InChI=1S/C15H20N2O2S/c1-11-10-20-14(17-11)15(4-7-18-8-5-15)16-9-13-3-6-19-12(13)2/h3,6,10,16H,4-5,7-9H2,1-2H3. The van der Waals surface area contributed by atoms with E-state index in [-0.39, 0.29) is 5.54 Å². The van der Waals surface area contributed by atoms with Crippen molar-refractivity contribution in [1.82, 2.24) is 10.3 Å². The number of nitrogens with zero attached hydrogens (tertiary/aromatic N) is 1. The first-order valence-electron chi connectivity index (χ1n) is 6.98. The molecule has 20 heavy (non-hydrogen) atoms. The maximum absolute atomic E-state index is 5.53. The number of thiazole rings is 1. The second kappa shape index (κ2) is 5.68. The second-order valence-corrected chi connectivity index (χ2v) is 6.20. The summed E-state index contributed by atoms with van der Waals surface area (Å²) < 4.78 is 10.9. The minimum absolute atomic E-state index is 0.0547. The molecular formula is C15H20N2O2S. The molecule has 1 aliphatic heterocycles. The first-order valence-corrected chi connectivity index (χ1v) is 7.86. The molecule has 0 aromatic carbocycles. The molecule has 1 fully saturated rings. The zero-order valence-corrected chi connectivity index (χ0v) is 12.8. The lowest BCUT2D eigenvalue weighted by Gasteiger charge is -2.36. The molecule has 1 saturated heterocycles. The van der Waals surface area contributed by atoms with Crippen LogP contribution in [0.1, 0.15) is 34.9 Å². The van der Waals surface area contributed by atoms with E-state index in [9.17, 15) is 0 Å². The van der Waals surface area contributed by atoms with Crippen LogP contribution in [0.5, 0.6) is 0 Å². The second-order valence-electron chi connectivity index (χ2n) is 5.34. The molecule has 3 rings (SSSR count). The molecule has 2 aromatic heterocycles. The van der Waals surface area contributed by atoms with Gasteiger partial charge in [-0.2, -0.15) is 0 Å². The van der Waals surface area contributed by atoms with Crippen molar-refractivity contribution in [3.63, 3.8) is 0 Å². The Balaban J connectivity index is 1.81. The van der Waals surface area contributed by atoms with Gasteiger partial charge in [0.1, 0.15) is 10.8 Å². The van der Waals surface area contributed by atoms with Crippen LogP contribution in [0.15, 0.2) is 22.1 Å². The van der Waals surface area contributed by atoms with Gasteiger partial charge in [0.05, 0.1) is 11.8 Å². The van der Waals surface area contributed by atoms with E-state index in [4.69, 9.17) is 14.1 Å². The Morgan fingerprint density at radius 1 is 1.35 bits per heavy atom. The van der Waals surface area contributed by atoms with Crippen LogP contribution in [0.3, 0.4) is 0 Å². The zero-order valence-electron chi connectivity index (χ0n) is 11.9. The third kappa shape index (κ3) is 2.66. The van der Waals surface area contributed by atoms with Crippen LogP contribution in [0, 0.1) is 13.8 Å². The Morgan fingerprint density at radius 3 is 2.75 bits per heavy atom. The number of rotatable bonds is 4. The van der Waals surface area contributed by atoms with Crippen LogP contribution in [0.4, 0.5) is 0 Å². The summed E-state index contributed by atoms with van der Waals surface area (Å²) in [5, 5.41) is 7.02. The molecule has 0 bridgehead atoms. The topological polar surface area (TPSA) is 47.3 Å². The van der Waals surface area contributed by atoms with Crippen LogP contribution >= 0.6 is 11.3 Å². The van der Waals surface area contributed by atoms with Crippen LogP contribution in [0.2, 0.25) is 0 Å². The van der Waals surface area contributed by atoms with Gasteiger partial charge in [-0.25, -0.2) is 4.98 Å². The van der Waals surface area contributed by atoms with Crippen molar-refractivity contribution >= 4 is 11.3 Å². The fourth-order valence-corrected chi connectivity index (χ4v) is 3.65. The molecule has 2 aromatic rings. The Kier molecular flexibility index (Phi) is 3.92. The largest absolute Gasteiger partial charge is 0.469 e. The van der Waals surface area contributed by atoms with Gasteiger partial charge in [0.25, 0.3) is 0 Å². The van der Waals surface area contributed by atoms with Crippen molar-refractivity contribution in [3.05, 3.63) is 39.7 Å². The molecule has 0 saturated carbocycles. The Hall–Kier alpha value is -1.17. The summed E-state index contributed by atoms with van der Waals surface area (Å²) in [7, 11) is 0. The lowest BCUT2D eigenvalue weighted by molar-refractivity contribution is 0.0356. The molecule has 0 aliphatic carbocycles. The predicted molar refractivity (Wildman–Crippen MR) is 78.9 cm³/mol. The van der Waals surface area contributed by atoms with Crippen molar-refractivity contribution in [3.8, 4) is 0 Å². The number of furan rings is 1. The minimum atomic E-state index is -0.0547. The third-order valence-corrected chi connectivity index (χ3v) is 5.12. The Morgan fingerprint density at radius 2 is 2.15 bits per heavy atom. The fraction of sp³-hybridized carbons (Fsp3) is 0.533. The predicted octanol–water partition coefficient (Wildman–Crippen LogP) is 3.15. The normalized spacial score (nSPS) is 18.3. The average Bonchev–Trinajstić information content (AvgIpc) is 3.07. The van der Waals surface area contributed by atoms with Crippen LogP contribution in [-0.4, -0.2) is 18.2 Å². The third-order valence-electron chi connectivity index (χ3n) is 3.96. The lowest BCUT2D eigenvalue weighted by atomic mass is 9.90. The highest BCUT2D eigenvalue weighted by Gasteiger charge is 2.36. The number of ether oxygens (including phenoxy) is 1. The van der Waals surface area contributed by atoms with Crippen LogP contribution in [0.25, 0.3) is 0 Å². The number of nitrogens with one attached hydrogen (secondary N) is 1. The van der Waals surface area contributed by atoms with Crippen LogP contribution < -0.4 is 5.32 Å². The van der Waals surface area contributed by atoms with E-state index in [0.717, 1.165) is 44.1 Å². The molecule has 0 radical (unpaired) electrons. The van der Waals surface area contributed by atoms with E-state index in [1.54, 1.807) is 17.6 Å². The van der Waals surface area contributed by atoms with E-state index in [1.807, 2.05) is 19.9 Å². The van der Waals surface area contributed by atoms with Gasteiger partial charge < -0.3 is 14.5 Å². The van der Waals surface area contributed by atoms with Gasteiger partial charge in [0, 0.05) is 36.4 Å². The van der Waals surface area contributed by atoms with Crippen molar-refractivity contribution in [1.29, 1.82) is 0 Å². The summed E-state index contributed by atoms with van der Waals surface area (Å²) >= 11 is 1.74. The molecule has 0 spiro atoms. The van der Waals surface area contributed by atoms with Gasteiger partial charge in [0.2, 0.25) is 0 Å². The van der Waals surface area contributed by atoms with E-state index in [1.165, 1.54) is 10.6 Å². The summed E-state index contributed by atoms with van der Waals surface area (Å²) in [6, 6.07) is 2.03. The van der Waals surface area contributed by atoms with Crippen LogP contribution in [-0.2, 0) is 16.8 Å². The number of aromatic nitrogens is 1. The molecule has 108 valence electrons. The highest BCUT2D eigenvalue weighted by atomic mass is 32.1. The van der Waals surface area contributed by atoms with Gasteiger partial charge in [-0.05, 0) is 32.8 Å². The van der Waals surface area contributed by atoms with Gasteiger partial charge in [-0.3, -0.25) is 0 Å². The van der Waals surface area contributed by atoms with Gasteiger partial charge in [0.15, 0.2) is 0 Å². The molecule has 4 nitrogen and oxygen atoms in total. The molecule has 0 atom stereocenters. The van der Waals surface area contributed by atoms with E-state index < -0.39 is 0 Å². The van der Waals surface area contributed by atoms with Crippen molar-refractivity contribution in [2.24, 2.45) is 0 Å². The van der Waals surface area contributed by atoms with Crippen molar-refractivity contribution < 1.29 is 9.15 Å². The van der Waals surface area contributed by atoms with Gasteiger partial charge in [-0.1, -0.05) is 0 Å². The summed E-state index contributed by atoms with van der Waals surface area (Å²) in [5.74, 6) is 0.982. The summed E-state index contributed by atoms with van der Waals surface area (Å²) in [6.07, 6.45) is 3.68. The summed E-state index contributed by atoms with van der Waals surface area (Å²) in [5.41, 5.74) is 2.25. The molecule has 5 heteroatoms. The lowest BCUT2D eigenvalue weighted by Crippen LogP contribution is -2.46. The number of aryl methyl sites for hydroxylation is 2. The quantitative estimate of drug-likeness (QED) is 0.940. The fourth-order valence-electron chi connectivity index (χ4n) is 2.62. The maximum Gasteiger partial charge on any atom is 0.113 e. The Bertz CT molecular complexity index is 570. The molecule has 0 amide bonds. The number of hydrogen-bond acceptors (Lipinski definition) is 5. The monoisotopic (exact) mass is 292 g/mol. The molecule has 1 aliphatic rings. The molecule has 3 heterocycles. The average molecular weight is 292 g/mol. The molecule has 0 unspecified atom stereocenters. The van der Waals surface area contributed by atoms with Gasteiger partial charge >= 0.3 is 0 Å². The van der Waals surface area contributed by atoms with Gasteiger partial charge in [-0.15, -0.1) is 11.3 Å². The van der Waals surface area contributed by atoms with E-state index in [2.05, 4.69) is 10.7 Å². The smallest absolute Gasteiger partial charge is 0.113 e. The molecule has 1 N–H and O–H groups in total. The Labute approximate surface area is 123 Å². The molecular weight excluding hydrogens is 272 g/mol. The highest BCUT2D eigenvalue weighted by molar-refractivity contribution is 7.09. The first-order chi connectivity index (χ1) is 9.70. The van der Waals surface area contributed by atoms with E-state index in [0.29, 0.717) is 0 Å². The summed E-state index contributed by atoms with van der Waals surface area (Å²) in [6.45, 7) is 6.43. The zero-order chi connectivity index (χ0) is 14.0. The highest BCUT2D eigenvalue weighted by Crippen LogP contribution is 2.34. The van der Waals surface area contributed by atoms with Crippen molar-refractivity contribution in [2.75, 3.05) is 13.2 Å². The maximum atomic E-state index is 5.53.